The van der Waals surface area contributed by atoms with E-state index in [-0.39, 0.29) is 11.4 Å². The average molecular weight is 328 g/mol. The predicted molar refractivity (Wildman–Crippen MR) is 79.8 cm³/mol. The van der Waals surface area contributed by atoms with Gasteiger partial charge in [-0.15, -0.1) is 22.9 Å². The molecular formula is C14H12ClF2N3S. The number of aryl methyl sites for hydroxylation is 3. The van der Waals surface area contributed by atoms with E-state index in [1.165, 1.54) is 6.07 Å². The molecule has 1 aromatic carbocycles. The van der Waals surface area contributed by atoms with Crippen molar-refractivity contribution in [1.29, 1.82) is 0 Å². The summed E-state index contributed by atoms with van der Waals surface area (Å²) < 4.78 is 29.1. The zero-order valence-electron chi connectivity index (χ0n) is 11.2. The van der Waals surface area contributed by atoms with Crippen LogP contribution in [0.5, 0.6) is 0 Å². The maximum absolute atomic E-state index is 14.0. The quantitative estimate of drug-likeness (QED) is 0.676. The molecule has 0 aliphatic heterocycles. The summed E-state index contributed by atoms with van der Waals surface area (Å²) in [4.78, 5) is 8.63. The molecule has 0 saturated carbocycles. The van der Waals surface area contributed by atoms with Crippen LogP contribution in [-0.4, -0.2) is 14.5 Å². The maximum Gasteiger partial charge on any atom is 0.184 e. The van der Waals surface area contributed by atoms with Crippen LogP contribution in [0, 0.1) is 18.6 Å². The summed E-state index contributed by atoms with van der Waals surface area (Å²) in [5.41, 5.74) is 1.54. The van der Waals surface area contributed by atoms with Gasteiger partial charge >= 0.3 is 0 Å². The van der Waals surface area contributed by atoms with Gasteiger partial charge in [0.15, 0.2) is 11.6 Å². The van der Waals surface area contributed by atoms with Crippen molar-refractivity contribution in [2.24, 2.45) is 0 Å². The Labute approximate surface area is 129 Å². The van der Waals surface area contributed by atoms with Gasteiger partial charge in [-0.1, -0.05) is 0 Å². The third kappa shape index (κ3) is 2.65. The van der Waals surface area contributed by atoms with Crippen LogP contribution in [0.4, 0.5) is 8.78 Å². The first-order chi connectivity index (χ1) is 10.1. The molecule has 2 heterocycles. The molecule has 0 saturated heterocycles. The summed E-state index contributed by atoms with van der Waals surface area (Å²) in [5, 5.41) is 2.91. The number of thiazole rings is 1. The van der Waals surface area contributed by atoms with Crippen LogP contribution in [0.2, 0.25) is 0 Å². The van der Waals surface area contributed by atoms with Crippen molar-refractivity contribution in [2.75, 3.05) is 0 Å². The Morgan fingerprint density at radius 3 is 2.76 bits per heavy atom. The number of fused-ring (bicyclic) bond motifs is 1. The molecule has 3 nitrogen and oxygen atoms in total. The number of imidazole rings is 1. The molecule has 0 unspecified atom stereocenters. The summed E-state index contributed by atoms with van der Waals surface area (Å²) in [6, 6.07) is 2.55. The summed E-state index contributed by atoms with van der Waals surface area (Å²) in [7, 11) is 0. The number of hydrogen-bond donors (Lipinski definition) is 0. The molecule has 0 radical (unpaired) electrons. The molecule has 0 aliphatic rings. The van der Waals surface area contributed by atoms with Crippen LogP contribution < -0.4 is 0 Å². The average Bonchev–Trinajstić information content (AvgIpc) is 3.04. The second-order valence-electron chi connectivity index (χ2n) is 4.68. The highest BCUT2D eigenvalue weighted by atomic mass is 35.5. The second-order valence-corrected chi connectivity index (χ2v) is 5.88. The van der Waals surface area contributed by atoms with Crippen LogP contribution in [0.3, 0.4) is 0 Å². The van der Waals surface area contributed by atoms with Crippen molar-refractivity contribution >= 4 is 34.0 Å². The zero-order valence-corrected chi connectivity index (χ0v) is 12.8. The first-order valence-corrected chi connectivity index (χ1v) is 7.81. The van der Waals surface area contributed by atoms with E-state index in [9.17, 15) is 8.78 Å². The molecule has 3 aromatic rings. The van der Waals surface area contributed by atoms with E-state index in [1.54, 1.807) is 15.9 Å². The van der Waals surface area contributed by atoms with Crippen LogP contribution >= 0.6 is 22.9 Å². The lowest BCUT2D eigenvalue weighted by molar-refractivity contribution is 0.510. The Balaban J connectivity index is 2.01. The maximum atomic E-state index is 14.0. The van der Waals surface area contributed by atoms with Crippen LogP contribution in [-0.2, 0) is 18.8 Å². The minimum absolute atomic E-state index is 0.145. The topological polar surface area (TPSA) is 30.7 Å². The summed E-state index contributed by atoms with van der Waals surface area (Å²) in [6.07, 6.45) is 0.629. The van der Waals surface area contributed by atoms with Gasteiger partial charge in [0.2, 0.25) is 0 Å². The number of alkyl halides is 1. The smallest absolute Gasteiger partial charge is 0.184 e. The Morgan fingerprint density at radius 2 is 2.10 bits per heavy atom. The fraction of sp³-hybridized carbons (Fsp3) is 0.286. The molecule has 0 N–H and O–H groups in total. The standard InChI is InChI=1S/C14H12ClF2N3S/c1-8-7-21-12(18-8)4-5-20-11(6-15)19-10-3-2-9(16)13(17)14(10)20/h2-3,7H,4-6H2,1H3. The Hall–Kier alpha value is -1.53. The molecular weight excluding hydrogens is 316 g/mol. The van der Waals surface area contributed by atoms with Crippen LogP contribution in [0.1, 0.15) is 16.5 Å². The van der Waals surface area contributed by atoms with E-state index in [0.29, 0.717) is 24.3 Å². The van der Waals surface area contributed by atoms with Gasteiger partial charge in [-0.2, -0.15) is 0 Å². The summed E-state index contributed by atoms with van der Waals surface area (Å²) in [6.45, 7) is 2.39. The van der Waals surface area contributed by atoms with Crippen molar-refractivity contribution in [3.05, 3.63) is 45.7 Å². The fourth-order valence-electron chi connectivity index (χ4n) is 2.27. The number of nitrogens with zero attached hydrogens (tertiary/aromatic N) is 3. The molecule has 0 spiro atoms. The first-order valence-electron chi connectivity index (χ1n) is 6.40. The van der Waals surface area contributed by atoms with Crippen molar-refractivity contribution < 1.29 is 8.78 Å². The van der Waals surface area contributed by atoms with Gasteiger partial charge < -0.3 is 4.57 Å². The molecule has 0 atom stereocenters. The van der Waals surface area contributed by atoms with Crippen LogP contribution in [0.15, 0.2) is 17.5 Å². The lowest BCUT2D eigenvalue weighted by Crippen LogP contribution is -2.06. The van der Waals surface area contributed by atoms with E-state index in [1.807, 2.05) is 12.3 Å². The highest BCUT2D eigenvalue weighted by Gasteiger charge is 2.17. The Kier molecular flexibility index (Phi) is 3.91. The number of hydrogen-bond acceptors (Lipinski definition) is 3. The van der Waals surface area contributed by atoms with E-state index in [2.05, 4.69) is 9.97 Å². The van der Waals surface area contributed by atoms with Gasteiger partial charge in [-0.25, -0.2) is 18.7 Å². The van der Waals surface area contributed by atoms with Gasteiger partial charge in [-0.05, 0) is 19.1 Å². The van der Waals surface area contributed by atoms with Crippen molar-refractivity contribution in [3.8, 4) is 0 Å². The van der Waals surface area contributed by atoms with E-state index in [0.717, 1.165) is 16.8 Å². The van der Waals surface area contributed by atoms with Crippen molar-refractivity contribution in [3.63, 3.8) is 0 Å². The summed E-state index contributed by atoms with van der Waals surface area (Å²) in [5.74, 6) is -1.09. The number of rotatable bonds is 4. The third-order valence-electron chi connectivity index (χ3n) is 3.21. The highest BCUT2D eigenvalue weighted by molar-refractivity contribution is 7.09. The van der Waals surface area contributed by atoms with Crippen LogP contribution in [0.25, 0.3) is 11.0 Å². The number of halogens is 3. The number of aromatic nitrogens is 3. The van der Waals surface area contributed by atoms with Gasteiger partial charge in [0.05, 0.1) is 16.4 Å². The SMILES string of the molecule is Cc1csc(CCn2c(CCl)nc3ccc(F)c(F)c32)n1. The van der Waals surface area contributed by atoms with Crippen molar-refractivity contribution in [2.45, 2.75) is 25.8 Å². The first kappa shape index (κ1) is 14.4. The third-order valence-corrected chi connectivity index (χ3v) is 4.48. The molecule has 3 rings (SSSR count). The molecule has 7 heteroatoms. The monoisotopic (exact) mass is 327 g/mol. The predicted octanol–water partition coefficient (Wildman–Crippen LogP) is 4.06. The largest absolute Gasteiger partial charge is 0.324 e. The van der Waals surface area contributed by atoms with E-state index < -0.39 is 11.6 Å². The lowest BCUT2D eigenvalue weighted by Gasteiger charge is -2.07. The normalized spacial score (nSPS) is 11.4. The lowest BCUT2D eigenvalue weighted by atomic mass is 10.3. The molecule has 0 fully saturated rings. The minimum Gasteiger partial charge on any atom is -0.324 e. The van der Waals surface area contributed by atoms with Gasteiger partial charge in [0.25, 0.3) is 0 Å². The molecule has 0 amide bonds. The fourth-order valence-corrected chi connectivity index (χ4v) is 3.24. The van der Waals surface area contributed by atoms with Crippen molar-refractivity contribution in [1.82, 2.24) is 14.5 Å². The molecule has 0 aliphatic carbocycles. The van der Waals surface area contributed by atoms with Gasteiger partial charge in [0, 0.05) is 24.0 Å². The van der Waals surface area contributed by atoms with E-state index in [4.69, 9.17) is 11.6 Å². The minimum atomic E-state index is -0.883. The Bertz CT molecular complexity index is 797. The molecule has 0 bridgehead atoms. The molecule has 2 aromatic heterocycles. The molecule has 21 heavy (non-hydrogen) atoms. The summed E-state index contributed by atoms with van der Waals surface area (Å²) >= 11 is 7.42. The number of benzene rings is 1. The zero-order chi connectivity index (χ0) is 15.0. The van der Waals surface area contributed by atoms with Gasteiger partial charge in [0.1, 0.15) is 11.3 Å². The second kappa shape index (κ2) is 5.69. The Morgan fingerprint density at radius 1 is 1.29 bits per heavy atom. The highest BCUT2D eigenvalue weighted by Crippen LogP contribution is 2.23. The van der Waals surface area contributed by atoms with Gasteiger partial charge in [-0.3, -0.25) is 0 Å². The van der Waals surface area contributed by atoms with E-state index >= 15 is 0 Å². The molecule has 110 valence electrons.